The van der Waals surface area contributed by atoms with Gasteiger partial charge >= 0.3 is 5.63 Å². The fourth-order valence-corrected chi connectivity index (χ4v) is 3.32. The number of hydrogen-bond acceptors (Lipinski definition) is 7. The van der Waals surface area contributed by atoms with Crippen LogP contribution in [0.2, 0.25) is 0 Å². The summed E-state index contributed by atoms with van der Waals surface area (Å²) in [4.78, 5) is 11.6. The van der Waals surface area contributed by atoms with Crippen molar-refractivity contribution >= 4 is 16.7 Å². The Kier molecular flexibility index (Phi) is 3.15. The largest absolute Gasteiger partial charge is 0.507 e. The number of phenolic OH excluding ortho intramolecular Hbond substituents is 1. The molecule has 2 aromatic carbocycles. The minimum atomic E-state index is -0.469. The molecule has 5 rings (SSSR count). The minimum Gasteiger partial charge on any atom is -0.507 e. The predicted molar refractivity (Wildman–Crippen MR) is 93.7 cm³/mol. The Hall–Kier alpha value is -3.48. The van der Waals surface area contributed by atoms with Gasteiger partial charge in [0, 0.05) is 17.9 Å². The number of aromatic hydroxyl groups is 1. The number of benzene rings is 2. The maximum Gasteiger partial charge on any atom is 0.336 e. The van der Waals surface area contributed by atoms with Crippen LogP contribution in [-0.4, -0.2) is 17.6 Å². The zero-order valence-corrected chi connectivity index (χ0v) is 13.6. The predicted octanol–water partition coefficient (Wildman–Crippen LogP) is 2.67. The number of hydrogen-bond donors (Lipinski definition) is 2. The van der Waals surface area contributed by atoms with Crippen LogP contribution in [0.5, 0.6) is 17.2 Å². The highest BCUT2D eigenvalue weighted by molar-refractivity contribution is 6.12. The van der Waals surface area contributed by atoms with Crippen molar-refractivity contribution in [1.82, 2.24) is 5.43 Å². The van der Waals surface area contributed by atoms with Crippen LogP contribution in [0.4, 0.5) is 0 Å². The number of nitrogens with one attached hydrogen (secondary N) is 1. The van der Waals surface area contributed by atoms with E-state index in [1.165, 1.54) is 6.07 Å². The standard InChI is InChI=1S/C19H14N2O5/c22-14-4-1-10-3-6-17(23)26-19(10)18(14)13-8-12(20-21-13)11-2-5-15-16(7-11)25-9-24-15/h1-7,12,20,22H,8-9H2. The molecule has 0 radical (unpaired) electrons. The van der Waals surface area contributed by atoms with Crippen LogP contribution in [0.25, 0.3) is 11.0 Å². The van der Waals surface area contributed by atoms with Crippen molar-refractivity contribution in [1.29, 1.82) is 0 Å². The van der Waals surface area contributed by atoms with Crippen LogP contribution >= 0.6 is 0 Å². The summed E-state index contributed by atoms with van der Waals surface area (Å²) in [6, 6.07) is 12.0. The van der Waals surface area contributed by atoms with Gasteiger partial charge in [-0.15, -0.1) is 0 Å². The number of hydrazone groups is 1. The quantitative estimate of drug-likeness (QED) is 0.690. The van der Waals surface area contributed by atoms with E-state index in [1.807, 2.05) is 18.2 Å². The Morgan fingerprint density at radius 2 is 1.92 bits per heavy atom. The number of ether oxygens (including phenoxy) is 2. The summed E-state index contributed by atoms with van der Waals surface area (Å²) in [5, 5.41) is 15.4. The number of nitrogens with zero attached hydrogens (tertiary/aromatic N) is 1. The highest BCUT2D eigenvalue weighted by Gasteiger charge is 2.27. The van der Waals surface area contributed by atoms with Gasteiger partial charge in [-0.05, 0) is 35.9 Å². The van der Waals surface area contributed by atoms with Crippen molar-refractivity contribution in [2.45, 2.75) is 12.5 Å². The third-order valence-corrected chi connectivity index (χ3v) is 4.61. The van der Waals surface area contributed by atoms with E-state index in [0.29, 0.717) is 29.0 Å². The summed E-state index contributed by atoms with van der Waals surface area (Å²) in [6.07, 6.45) is 0.533. The molecule has 0 fully saturated rings. The lowest BCUT2D eigenvalue weighted by Gasteiger charge is -2.11. The first kappa shape index (κ1) is 14.8. The topological polar surface area (TPSA) is 93.3 Å². The summed E-state index contributed by atoms with van der Waals surface area (Å²) in [5.74, 6) is 1.46. The number of rotatable bonds is 2. The van der Waals surface area contributed by atoms with E-state index in [1.54, 1.807) is 18.2 Å². The number of phenols is 1. The molecule has 1 atom stereocenters. The molecule has 3 heterocycles. The van der Waals surface area contributed by atoms with Gasteiger partial charge in [0.05, 0.1) is 17.3 Å². The molecule has 0 spiro atoms. The lowest BCUT2D eigenvalue weighted by molar-refractivity contribution is 0.174. The van der Waals surface area contributed by atoms with E-state index in [4.69, 9.17) is 13.9 Å². The first-order valence-corrected chi connectivity index (χ1v) is 8.17. The van der Waals surface area contributed by atoms with Gasteiger partial charge in [-0.2, -0.15) is 5.10 Å². The van der Waals surface area contributed by atoms with Crippen LogP contribution in [0, 0.1) is 0 Å². The van der Waals surface area contributed by atoms with Crippen molar-refractivity contribution < 1.29 is 19.0 Å². The fourth-order valence-electron chi connectivity index (χ4n) is 3.32. The molecule has 0 aliphatic carbocycles. The molecule has 1 aromatic heterocycles. The molecule has 2 aliphatic rings. The molecule has 130 valence electrons. The van der Waals surface area contributed by atoms with Gasteiger partial charge in [-0.1, -0.05) is 6.07 Å². The zero-order valence-electron chi connectivity index (χ0n) is 13.6. The monoisotopic (exact) mass is 350 g/mol. The first-order valence-electron chi connectivity index (χ1n) is 8.17. The highest BCUT2D eigenvalue weighted by Crippen LogP contribution is 2.37. The Bertz CT molecular complexity index is 1120. The minimum absolute atomic E-state index is 0.0266. The molecule has 26 heavy (non-hydrogen) atoms. The normalized spacial score (nSPS) is 18.0. The van der Waals surface area contributed by atoms with Crippen molar-refractivity contribution in [3.05, 3.63) is 64.0 Å². The lowest BCUT2D eigenvalue weighted by Crippen LogP contribution is -2.10. The Balaban J connectivity index is 1.51. The van der Waals surface area contributed by atoms with Crippen LogP contribution in [0.3, 0.4) is 0 Å². The van der Waals surface area contributed by atoms with Crippen LogP contribution < -0.4 is 20.5 Å². The summed E-state index contributed by atoms with van der Waals surface area (Å²) in [5.41, 5.74) is 5.01. The molecule has 0 bridgehead atoms. The molecule has 7 nitrogen and oxygen atoms in total. The van der Waals surface area contributed by atoms with E-state index in [-0.39, 0.29) is 18.6 Å². The van der Waals surface area contributed by atoms with Gasteiger partial charge < -0.3 is 24.4 Å². The van der Waals surface area contributed by atoms with Crippen LogP contribution in [0.1, 0.15) is 23.6 Å². The molecular weight excluding hydrogens is 336 g/mol. The van der Waals surface area contributed by atoms with Gasteiger partial charge in [-0.25, -0.2) is 4.79 Å². The third-order valence-electron chi connectivity index (χ3n) is 4.61. The average molecular weight is 350 g/mol. The molecule has 1 unspecified atom stereocenters. The van der Waals surface area contributed by atoms with Crippen LogP contribution in [0.15, 0.2) is 56.8 Å². The molecule has 2 aliphatic heterocycles. The molecule has 0 amide bonds. The summed E-state index contributed by atoms with van der Waals surface area (Å²) >= 11 is 0. The van der Waals surface area contributed by atoms with Gasteiger partial charge in [0.15, 0.2) is 17.1 Å². The molecule has 0 saturated carbocycles. The average Bonchev–Trinajstić information content (AvgIpc) is 3.30. The molecule has 3 aromatic rings. The van der Waals surface area contributed by atoms with Gasteiger partial charge in [0.1, 0.15) is 5.75 Å². The lowest BCUT2D eigenvalue weighted by atomic mass is 9.97. The second kappa shape index (κ2) is 5.52. The van der Waals surface area contributed by atoms with Crippen molar-refractivity contribution in [2.24, 2.45) is 5.10 Å². The Morgan fingerprint density at radius 1 is 1.08 bits per heavy atom. The summed E-state index contributed by atoms with van der Waals surface area (Å²) in [6.45, 7) is 0.224. The highest BCUT2D eigenvalue weighted by atomic mass is 16.7. The molecule has 0 saturated heterocycles. The van der Waals surface area contributed by atoms with Gasteiger partial charge in [0.25, 0.3) is 0 Å². The molecular formula is C19H14N2O5. The fraction of sp³-hybridized carbons (Fsp3) is 0.158. The Morgan fingerprint density at radius 3 is 2.85 bits per heavy atom. The van der Waals surface area contributed by atoms with Gasteiger partial charge in [0.2, 0.25) is 6.79 Å². The van der Waals surface area contributed by atoms with Crippen molar-refractivity contribution in [3.63, 3.8) is 0 Å². The zero-order chi connectivity index (χ0) is 17.7. The van der Waals surface area contributed by atoms with Crippen LogP contribution in [-0.2, 0) is 0 Å². The second-order valence-electron chi connectivity index (χ2n) is 6.19. The van der Waals surface area contributed by atoms with Crippen molar-refractivity contribution in [3.8, 4) is 17.2 Å². The summed E-state index contributed by atoms with van der Waals surface area (Å²) in [7, 11) is 0. The maximum atomic E-state index is 11.6. The van der Waals surface area contributed by atoms with E-state index >= 15 is 0 Å². The second-order valence-corrected chi connectivity index (χ2v) is 6.19. The Labute approximate surface area is 147 Å². The first-order chi connectivity index (χ1) is 12.7. The number of fused-ring (bicyclic) bond motifs is 2. The third kappa shape index (κ3) is 2.28. The SMILES string of the molecule is O=c1ccc2ccc(O)c(C3=NNC(c4ccc5c(c4)OCO5)C3)c2o1. The smallest absolute Gasteiger partial charge is 0.336 e. The van der Waals surface area contributed by atoms with E-state index in [9.17, 15) is 9.90 Å². The van der Waals surface area contributed by atoms with E-state index < -0.39 is 5.63 Å². The van der Waals surface area contributed by atoms with Crippen molar-refractivity contribution in [2.75, 3.05) is 6.79 Å². The summed E-state index contributed by atoms with van der Waals surface area (Å²) < 4.78 is 16.1. The van der Waals surface area contributed by atoms with E-state index in [2.05, 4.69) is 10.5 Å². The maximum absolute atomic E-state index is 11.6. The molecule has 7 heteroatoms. The van der Waals surface area contributed by atoms with Gasteiger partial charge in [-0.3, -0.25) is 0 Å². The molecule has 2 N–H and O–H groups in total. The van der Waals surface area contributed by atoms with E-state index in [0.717, 1.165) is 16.7 Å².